The average Bonchev–Trinajstić information content (AvgIpc) is 2.87. The molecule has 0 atom stereocenters. The molecule has 0 spiro atoms. The van der Waals surface area contributed by atoms with E-state index < -0.39 is 16.0 Å². The Kier molecular flexibility index (Phi) is 5.02. The normalized spacial score (nSPS) is 10.6. The Hall–Kier alpha value is -1.81. The summed E-state index contributed by atoms with van der Waals surface area (Å²) in [6, 6.07) is 0. The molecule has 0 fully saturated rings. The van der Waals surface area contributed by atoms with Crippen molar-refractivity contribution in [1.82, 2.24) is 14.2 Å². The zero-order valence-electron chi connectivity index (χ0n) is 11.1. The average molecular weight is 374 g/mol. The number of halogens is 1. The number of anilines is 1. The Balaban J connectivity index is 2.30. The molecule has 2 rings (SSSR count). The standard InChI is InChI=1S/C11H12BrN5O3S/c1-2-3-13-11-8(14-15-21-11)5-16-4-7(12)10(18)9(6-16)17(19)20/h4,6,13H,2-3,5H2,1H3. The van der Waals surface area contributed by atoms with E-state index in [0.29, 0.717) is 12.2 Å². The van der Waals surface area contributed by atoms with E-state index in [-0.39, 0.29) is 4.47 Å². The molecule has 0 aliphatic rings. The van der Waals surface area contributed by atoms with Gasteiger partial charge in [0.1, 0.15) is 10.7 Å². The number of rotatable bonds is 6. The molecule has 0 aliphatic carbocycles. The molecule has 2 heterocycles. The fraction of sp³-hybridized carbons (Fsp3) is 0.364. The first-order chi connectivity index (χ1) is 10.0. The van der Waals surface area contributed by atoms with Gasteiger partial charge in [0.2, 0.25) is 0 Å². The van der Waals surface area contributed by atoms with Crippen molar-refractivity contribution in [2.45, 2.75) is 19.9 Å². The molecule has 0 saturated carbocycles. The number of hydrogen-bond acceptors (Lipinski definition) is 7. The SMILES string of the molecule is CCCNc1snnc1Cn1cc(Br)c(=O)c([N+](=O)[O-])c1. The lowest BCUT2D eigenvalue weighted by Gasteiger charge is -2.07. The number of nitrogens with zero attached hydrogens (tertiary/aromatic N) is 4. The third-order valence-electron chi connectivity index (χ3n) is 2.64. The Morgan fingerprint density at radius 2 is 2.29 bits per heavy atom. The number of pyridine rings is 1. The Morgan fingerprint density at radius 1 is 1.52 bits per heavy atom. The van der Waals surface area contributed by atoms with Gasteiger partial charge in [0.05, 0.1) is 22.1 Å². The Bertz CT molecular complexity index is 714. The third kappa shape index (κ3) is 3.64. The lowest BCUT2D eigenvalue weighted by Crippen LogP contribution is -2.14. The zero-order chi connectivity index (χ0) is 15.4. The molecular weight excluding hydrogens is 362 g/mol. The second-order valence-corrected chi connectivity index (χ2v) is 5.83. The molecule has 0 radical (unpaired) electrons. The summed E-state index contributed by atoms with van der Waals surface area (Å²) in [7, 11) is 0. The van der Waals surface area contributed by atoms with Crippen LogP contribution in [0, 0.1) is 10.1 Å². The van der Waals surface area contributed by atoms with E-state index in [1.807, 2.05) is 6.92 Å². The van der Waals surface area contributed by atoms with Crippen LogP contribution in [-0.4, -0.2) is 25.6 Å². The quantitative estimate of drug-likeness (QED) is 0.615. The van der Waals surface area contributed by atoms with Gasteiger partial charge in [-0.3, -0.25) is 14.9 Å². The van der Waals surface area contributed by atoms with Crippen molar-refractivity contribution >= 4 is 38.2 Å². The molecule has 0 unspecified atom stereocenters. The van der Waals surface area contributed by atoms with Gasteiger partial charge in [0.25, 0.3) is 5.43 Å². The van der Waals surface area contributed by atoms with E-state index in [9.17, 15) is 14.9 Å². The van der Waals surface area contributed by atoms with Crippen LogP contribution >= 0.6 is 27.5 Å². The molecule has 2 aromatic rings. The van der Waals surface area contributed by atoms with Crippen molar-refractivity contribution in [3.05, 3.63) is 42.9 Å². The van der Waals surface area contributed by atoms with Crippen LogP contribution in [0.5, 0.6) is 0 Å². The molecule has 10 heteroatoms. The predicted molar refractivity (Wildman–Crippen MR) is 82.8 cm³/mol. The van der Waals surface area contributed by atoms with Crippen LogP contribution < -0.4 is 10.7 Å². The molecule has 21 heavy (non-hydrogen) atoms. The first-order valence-electron chi connectivity index (χ1n) is 6.12. The summed E-state index contributed by atoms with van der Waals surface area (Å²) in [6.45, 7) is 3.14. The van der Waals surface area contributed by atoms with Gasteiger partial charge in [-0.25, -0.2) is 0 Å². The molecular formula is C11H12BrN5O3S. The fourth-order valence-corrected chi connectivity index (χ4v) is 2.72. The van der Waals surface area contributed by atoms with Crippen LogP contribution in [0.4, 0.5) is 10.7 Å². The first kappa shape index (κ1) is 15.6. The molecule has 112 valence electrons. The summed E-state index contributed by atoms with van der Waals surface area (Å²) in [5.74, 6) is 0. The summed E-state index contributed by atoms with van der Waals surface area (Å²) in [6.07, 6.45) is 3.67. The van der Waals surface area contributed by atoms with E-state index in [1.54, 1.807) is 0 Å². The van der Waals surface area contributed by atoms with E-state index in [0.717, 1.165) is 18.0 Å². The minimum Gasteiger partial charge on any atom is -0.374 e. The molecule has 0 amide bonds. The van der Waals surface area contributed by atoms with Crippen LogP contribution in [-0.2, 0) is 6.54 Å². The highest BCUT2D eigenvalue weighted by Gasteiger charge is 2.17. The first-order valence-corrected chi connectivity index (χ1v) is 7.68. The number of nitrogens with one attached hydrogen (secondary N) is 1. The van der Waals surface area contributed by atoms with E-state index >= 15 is 0 Å². The van der Waals surface area contributed by atoms with Crippen LogP contribution in [0.25, 0.3) is 0 Å². The summed E-state index contributed by atoms with van der Waals surface area (Å²) in [4.78, 5) is 21.8. The van der Waals surface area contributed by atoms with Gasteiger partial charge in [0, 0.05) is 24.3 Å². The van der Waals surface area contributed by atoms with Gasteiger partial charge in [-0.05, 0) is 22.4 Å². The molecule has 0 bridgehead atoms. The van der Waals surface area contributed by atoms with Gasteiger partial charge < -0.3 is 9.88 Å². The highest BCUT2D eigenvalue weighted by Crippen LogP contribution is 2.20. The van der Waals surface area contributed by atoms with Crippen molar-refractivity contribution in [2.75, 3.05) is 11.9 Å². The minimum absolute atomic E-state index is 0.142. The van der Waals surface area contributed by atoms with Crippen molar-refractivity contribution < 1.29 is 4.92 Å². The molecule has 8 nitrogen and oxygen atoms in total. The summed E-state index contributed by atoms with van der Waals surface area (Å²) >= 11 is 4.28. The monoisotopic (exact) mass is 373 g/mol. The van der Waals surface area contributed by atoms with Crippen molar-refractivity contribution in [3.63, 3.8) is 0 Å². The van der Waals surface area contributed by atoms with Gasteiger partial charge in [-0.2, -0.15) is 0 Å². The molecule has 0 aromatic carbocycles. The largest absolute Gasteiger partial charge is 0.374 e. The van der Waals surface area contributed by atoms with E-state index in [2.05, 4.69) is 30.8 Å². The number of aromatic nitrogens is 3. The lowest BCUT2D eigenvalue weighted by molar-refractivity contribution is -0.386. The molecule has 2 aromatic heterocycles. The maximum atomic E-state index is 11.6. The molecule has 1 N–H and O–H groups in total. The molecule has 0 saturated heterocycles. The van der Waals surface area contributed by atoms with Gasteiger partial charge >= 0.3 is 5.69 Å². The Labute approximate surface area is 132 Å². The van der Waals surface area contributed by atoms with Crippen LogP contribution in [0.3, 0.4) is 0 Å². The third-order valence-corrected chi connectivity index (χ3v) is 3.93. The summed E-state index contributed by atoms with van der Waals surface area (Å²) in [5.41, 5.74) is -0.439. The molecule has 0 aliphatic heterocycles. The zero-order valence-corrected chi connectivity index (χ0v) is 13.5. The minimum atomic E-state index is -0.695. The highest BCUT2D eigenvalue weighted by atomic mass is 79.9. The smallest absolute Gasteiger partial charge is 0.333 e. The van der Waals surface area contributed by atoms with Crippen LogP contribution in [0.2, 0.25) is 0 Å². The lowest BCUT2D eigenvalue weighted by atomic mass is 10.3. The second kappa shape index (κ2) is 6.76. The number of hydrogen-bond donors (Lipinski definition) is 1. The fourth-order valence-electron chi connectivity index (χ4n) is 1.66. The topological polar surface area (TPSA) is 103 Å². The predicted octanol–water partition coefficient (Wildman–Crippen LogP) is 2.24. The maximum absolute atomic E-state index is 11.6. The van der Waals surface area contributed by atoms with Gasteiger partial charge in [-0.15, -0.1) is 5.10 Å². The second-order valence-electron chi connectivity index (χ2n) is 4.23. The maximum Gasteiger partial charge on any atom is 0.333 e. The van der Waals surface area contributed by atoms with Crippen molar-refractivity contribution in [1.29, 1.82) is 0 Å². The summed E-state index contributed by atoms with van der Waals surface area (Å²) < 4.78 is 5.56. The summed E-state index contributed by atoms with van der Waals surface area (Å²) in [5, 5.41) is 18.9. The van der Waals surface area contributed by atoms with Crippen LogP contribution in [0.1, 0.15) is 19.0 Å². The van der Waals surface area contributed by atoms with Crippen molar-refractivity contribution in [3.8, 4) is 0 Å². The Morgan fingerprint density at radius 3 is 2.95 bits per heavy atom. The van der Waals surface area contributed by atoms with Gasteiger partial charge in [0.15, 0.2) is 0 Å². The number of nitro groups is 1. The van der Waals surface area contributed by atoms with E-state index in [1.165, 1.54) is 28.5 Å². The van der Waals surface area contributed by atoms with Gasteiger partial charge in [-0.1, -0.05) is 11.4 Å². The van der Waals surface area contributed by atoms with Crippen LogP contribution in [0.15, 0.2) is 21.7 Å². The highest BCUT2D eigenvalue weighted by molar-refractivity contribution is 9.10. The van der Waals surface area contributed by atoms with E-state index in [4.69, 9.17) is 0 Å². The van der Waals surface area contributed by atoms with Crippen molar-refractivity contribution in [2.24, 2.45) is 0 Å².